The van der Waals surface area contributed by atoms with Crippen LogP contribution in [0.2, 0.25) is 0 Å². The smallest absolute Gasteiger partial charge is 0.223 e. The number of ether oxygens (including phenoxy) is 1. The van der Waals surface area contributed by atoms with Gasteiger partial charge in [0.2, 0.25) is 11.8 Å². The number of likely N-dealkylation sites (tertiary alicyclic amines) is 1. The van der Waals surface area contributed by atoms with Crippen molar-refractivity contribution in [3.63, 3.8) is 0 Å². The molecule has 1 aromatic carbocycles. The standard InChI is InChI=1S/C27H40FN3O3/c1-29-15-17-30(18-16-29)26(33)19-27(21-34-24-10-8-23(28)9-11-24)13-4-14-31(20-27)25(32)12-7-22-5-2-3-6-22/h8-11,22H,2-7,12-21H2,1H3/t27-/m1/s1. The number of carbonyl (C=O) groups excluding carboxylic acids is 2. The van der Waals surface area contributed by atoms with Crippen LogP contribution < -0.4 is 4.74 Å². The summed E-state index contributed by atoms with van der Waals surface area (Å²) >= 11 is 0. The first-order chi connectivity index (χ1) is 16.4. The summed E-state index contributed by atoms with van der Waals surface area (Å²) in [4.78, 5) is 32.6. The van der Waals surface area contributed by atoms with Crippen LogP contribution in [0.25, 0.3) is 0 Å². The van der Waals surface area contributed by atoms with Gasteiger partial charge in [-0.1, -0.05) is 25.7 Å². The number of nitrogens with zero attached hydrogens (tertiary/aromatic N) is 3. The van der Waals surface area contributed by atoms with E-state index in [0.29, 0.717) is 37.7 Å². The molecule has 0 aromatic heterocycles. The molecule has 0 bridgehead atoms. The van der Waals surface area contributed by atoms with E-state index in [4.69, 9.17) is 4.74 Å². The lowest BCUT2D eigenvalue weighted by Gasteiger charge is -2.43. The van der Waals surface area contributed by atoms with Gasteiger partial charge in [-0.05, 0) is 56.5 Å². The highest BCUT2D eigenvalue weighted by molar-refractivity contribution is 5.78. The second-order valence-corrected chi connectivity index (χ2v) is 10.7. The Kier molecular flexibility index (Phi) is 8.46. The van der Waals surface area contributed by atoms with Gasteiger partial charge >= 0.3 is 0 Å². The Bertz CT molecular complexity index is 819. The normalized spacial score (nSPS) is 24.4. The predicted molar refractivity (Wildman–Crippen MR) is 130 cm³/mol. The van der Waals surface area contributed by atoms with Crippen LogP contribution >= 0.6 is 0 Å². The van der Waals surface area contributed by atoms with E-state index in [0.717, 1.165) is 52.0 Å². The molecular formula is C27H40FN3O3. The summed E-state index contributed by atoms with van der Waals surface area (Å²) in [5.74, 6) is 1.35. The fourth-order valence-electron chi connectivity index (χ4n) is 5.77. The number of halogens is 1. The Labute approximate surface area is 203 Å². The van der Waals surface area contributed by atoms with Crippen molar-refractivity contribution in [2.75, 3.05) is 52.9 Å². The molecule has 1 aliphatic carbocycles. The predicted octanol–water partition coefficient (Wildman–Crippen LogP) is 3.95. The summed E-state index contributed by atoms with van der Waals surface area (Å²) in [5.41, 5.74) is -0.421. The molecule has 3 aliphatic rings. The molecule has 6 nitrogen and oxygen atoms in total. The van der Waals surface area contributed by atoms with Crippen LogP contribution in [-0.4, -0.2) is 79.4 Å². The SMILES string of the molecule is CN1CCN(C(=O)C[C@]2(COc3ccc(F)cc3)CCCN(C(=O)CCC3CCCC3)C2)CC1. The van der Waals surface area contributed by atoms with Crippen LogP contribution in [0, 0.1) is 17.2 Å². The van der Waals surface area contributed by atoms with Crippen molar-refractivity contribution in [2.45, 2.75) is 57.8 Å². The van der Waals surface area contributed by atoms with E-state index in [9.17, 15) is 14.0 Å². The highest BCUT2D eigenvalue weighted by Gasteiger charge is 2.41. The van der Waals surface area contributed by atoms with Crippen molar-refractivity contribution < 1.29 is 18.7 Å². The average Bonchev–Trinajstić information content (AvgIpc) is 3.36. The monoisotopic (exact) mass is 473 g/mol. The van der Waals surface area contributed by atoms with Crippen molar-refractivity contribution in [3.8, 4) is 5.75 Å². The maximum absolute atomic E-state index is 13.3. The fraction of sp³-hybridized carbons (Fsp3) is 0.704. The number of rotatable bonds is 8. The lowest BCUT2D eigenvalue weighted by atomic mass is 9.77. The first kappa shape index (κ1) is 25.0. The zero-order valence-electron chi connectivity index (χ0n) is 20.6. The van der Waals surface area contributed by atoms with Gasteiger partial charge in [0.25, 0.3) is 0 Å². The van der Waals surface area contributed by atoms with Crippen molar-refractivity contribution in [2.24, 2.45) is 11.3 Å². The van der Waals surface area contributed by atoms with Gasteiger partial charge in [-0.3, -0.25) is 9.59 Å². The van der Waals surface area contributed by atoms with E-state index >= 15 is 0 Å². The first-order valence-electron chi connectivity index (χ1n) is 13.0. The van der Waals surface area contributed by atoms with E-state index < -0.39 is 5.41 Å². The number of carbonyl (C=O) groups is 2. The molecule has 2 heterocycles. The quantitative estimate of drug-likeness (QED) is 0.574. The second-order valence-electron chi connectivity index (χ2n) is 10.7. The molecule has 2 saturated heterocycles. The summed E-state index contributed by atoms with van der Waals surface area (Å²) in [6.45, 7) is 4.92. The van der Waals surface area contributed by atoms with Gasteiger partial charge in [0, 0.05) is 57.5 Å². The molecular weight excluding hydrogens is 433 g/mol. The van der Waals surface area contributed by atoms with Crippen LogP contribution in [0.15, 0.2) is 24.3 Å². The Morgan fingerprint density at radius 1 is 0.971 bits per heavy atom. The molecule has 0 spiro atoms. The van der Waals surface area contributed by atoms with Crippen LogP contribution in [-0.2, 0) is 9.59 Å². The number of piperidine rings is 1. The van der Waals surface area contributed by atoms with E-state index in [1.165, 1.54) is 37.8 Å². The van der Waals surface area contributed by atoms with Gasteiger partial charge in [-0.2, -0.15) is 0 Å². The van der Waals surface area contributed by atoms with Crippen LogP contribution in [0.3, 0.4) is 0 Å². The Morgan fingerprint density at radius 3 is 2.38 bits per heavy atom. The van der Waals surface area contributed by atoms with Gasteiger partial charge in [0.05, 0.1) is 6.61 Å². The number of piperazine rings is 1. The third-order valence-electron chi connectivity index (χ3n) is 8.00. The third kappa shape index (κ3) is 6.71. The minimum absolute atomic E-state index is 0.149. The minimum atomic E-state index is -0.421. The largest absolute Gasteiger partial charge is 0.493 e. The zero-order valence-corrected chi connectivity index (χ0v) is 20.6. The number of benzene rings is 1. The molecule has 188 valence electrons. The Balaban J connectivity index is 1.42. The second kappa shape index (κ2) is 11.5. The Hall–Kier alpha value is -2.15. The van der Waals surface area contributed by atoms with Gasteiger partial charge in [0.1, 0.15) is 11.6 Å². The first-order valence-corrected chi connectivity index (χ1v) is 13.0. The lowest BCUT2D eigenvalue weighted by Crippen LogP contribution is -2.53. The maximum Gasteiger partial charge on any atom is 0.223 e. The molecule has 3 fully saturated rings. The van der Waals surface area contributed by atoms with E-state index in [-0.39, 0.29) is 17.6 Å². The average molecular weight is 474 g/mol. The lowest BCUT2D eigenvalue weighted by molar-refractivity contribution is -0.142. The van der Waals surface area contributed by atoms with Crippen LogP contribution in [0.5, 0.6) is 5.75 Å². The number of hydrogen-bond acceptors (Lipinski definition) is 4. The van der Waals surface area contributed by atoms with Gasteiger partial charge in [0.15, 0.2) is 0 Å². The van der Waals surface area contributed by atoms with Crippen LogP contribution in [0.1, 0.15) is 57.8 Å². The molecule has 0 unspecified atom stereocenters. The van der Waals surface area contributed by atoms with Crippen molar-refractivity contribution >= 4 is 11.8 Å². The molecule has 0 radical (unpaired) electrons. The molecule has 4 rings (SSSR count). The topological polar surface area (TPSA) is 53.1 Å². The van der Waals surface area contributed by atoms with E-state index in [2.05, 4.69) is 11.9 Å². The molecule has 7 heteroatoms. The van der Waals surface area contributed by atoms with Crippen molar-refractivity contribution in [1.29, 1.82) is 0 Å². The van der Waals surface area contributed by atoms with Crippen molar-refractivity contribution in [3.05, 3.63) is 30.1 Å². The Morgan fingerprint density at radius 2 is 1.68 bits per heavy atom. The zero-order chi connectivity index (χ0) is 24.0. The van der Waals surface area contributed by atoms with Gasteiger partial charge < -0.3 is 19.4 Å². The molecule has 2 aliphatic heterocycles. The molecule has 1 saturated carbocycles. The molecule has 34 heavy (non-hydrogen) atoms. The van der Waals surface area contributed by atoms with E-state index in [1.54, 1.807) is 12.1 Å². The summed E-state index contributed by atoms with van der Waals surface area (Å²) in [6.07, 6.45) is 8.77. The summed E-state index contributed by atoms with van der Waals surface area (Å²) in [5, 5.41) is 0. The summed E-state index contributed by atoms with van der Waals surface area (Å²) in [7, 11) is 2.08. The van der Waals surface area contributed by atoms with Crippen molar-refractivity contribution in [1.82, 2.24) is 14.7 Å². The van der Waals surface area contributed by atoms with Gasteiger partial charge in [-0.25, -0.2) is 4.39 Å². The number of hydrogen-bond donors (Lipinski definition) is 0. The summed E-state index contributed by atoms with van der Waals surface area (Å²) < 4.78 is 19.4. The molecule has 2 amide bonds. The molecule has 1 aromatic rings. The third-order valence-corrected chi connectivity index (χ3v) is 8.00. The maximum atomic E-state index is 13.3. The molecule has 0 N–H and O–H groups in total. The van der Waals surface area contributed by atoms with E-state index in [1.807, 2.05) is 9.80 Å². The highest BCUT2D eigenvalue weighted by Crippen LogP contribution is 2.36. The molecule has 1 atom stereocenters. The number of likely N-dealkylation sites (N-methyl/N-ethyl adjacent to an activating group) is 1. The van der Waals surface area contributed by atoms with Crippen LogP contribution in [0.4, 0.5) is 4.39 Å². The fourth-order valence-corrected chi connectivity index (χ4v) is 5.77. The number of amides is 2. The van der Waals surface area contributed by atoms with Gasteiger partial charge in [-0.15, -0.1) is 0 Å². The minimum Gasteiger partial charge on any atom is -0.493 e. The highest BCUT2D eigenvalue weighted by atomic mass is 19.1. The summed E-state index contributed by atoms with van der Waals surface area (Å²) in [6, 6.07) is 6.02.